The Bertz CT molecular complexity index is 234. The second-order valence-corrected chi connectivity index (χ2v) is 5.23. The highest BCUT2D eigenvalue weighted by atomic mass is 16.5. The zero-order chi connectivity index (χ0) is 11.9. The summed E-state index contributed by atoms with van der Waals surface area (Å²) in [5, 5.41) is 6.46. The quantitative estimate of drug-likeness (QED) is 0.772. The third-order valence-electron chi connectivity index (χ3n) is 3.70. The third-order valence-corrected chi connectivity index (χ3v) is 3.70. The summed E-state index contributed by atoms with van der Waals surface area (Å²) in [7, 11) is 0. The largest absolute Gasteiger partial charge is 0.379 e. The lowest BCUT2D eigenvalue weighted by molar-refractivity contribution is -0.123. The van der Waals surface area contributed by atoms with Crippen molar-refractivity contribution in [2.75, 3.05) is 26.3 Å². The molecular weight excluding hydrogens is 216 g/mol. The molecule has 17 heavy (non-hydrogen) atoms. The van der Waals surface area contributed by atoms with Crippen molar-refractivity contribution in [2.24, 2.45) is 5.92 Å². The molecule has 0 saturated carbocycles. The normalized spacial score (nSPS) is 29.9. The van der Waals surface area contributed by atoms with Crippen LogP contribution in [0.4, 0.5) is 0 Å². The first kappa shape index (κ1) is 12.8. The Morgan fingerprint density at radius 1 is 1.35 bits per heavy atom. The SMILES string of the molecule is O=C(CCC1CCCNC1)NC1CCCOC1. The standard InChI is InChI=1S/C13H24N2O2/c16-13(15-12-4-2-8-17-10-12)6-5-11-3-1-7-14-9-11/h11-12,14H,1-10H2,(H,15,16). The molecule has 0 radical (unpaired) electrons. The van der Waals surface area contributed by atoms with Gasteiger partial charge in [0.1, 0.15) is 0 Å². The van der Waals surface area contributed by atoms with Gasteiger partial charge < -0.3 is 15.4 Å². The van der Waals surface area contributed by atoms with Crippen LogP contribution in [0.5, 0.6) is 0 Å². The monoisotopic (exact) mass is 240 g/mol. The van der Waals surface area contributed by atoms with Crippen molar-refractivity contribution in [3.63, 3.8) is 0 Å². The summed E-state index contributed by atoms with van der Waals surface area (Å²) in [6.45, 7) is 3.76. The summed E-state index contributed by atoms with van der Waals surface area (Å²) < 4.78 is 5.35. The predicted molar refractivity (Wildman–Crippen MR) is 66.8 cm³/mol. The lowest BCUT2D eigenvalue weighted by Gasteiger charge is -2.25. The van der Waals surface area contributed by atoms with Crippen LogP contribution in [0.2, 0.25) is 0 Å². The first-order valence-corrected chi connectivity index (χ1v) is 6.92. The molecule has 2 heterocycles. The van der Waals surface area contributed by atoms with Gasteiger partial charge in [0, 0.05) is 13.0 Å². The third kappa shape index (κ3) is 4.64. The lowest BCUT2D eigenvalue weighted by atomic mass is 9.94. The maximum atomic E-state index is 11.8. The maximum Gasteiger partial charge on any atom is 0.220 e. The second kappa shape index (κ2) is 6.97. The summed E-state index contributed by atoms with van der Waals surface area (Å²) in [4.78, 5) is 11.8. The number of rotatable bonds is 4. The van der Waals surface area contributed by atoms with E-state index in [-0.39, 0.29) is 11.9 Å². The van der Waals surface area contributed by atoms with E-state index in [1.54, 1.807) is 0 Å². The van der Waals surface area contributed by atoms with Crippen molar-refractivity contribution in [1.82, 2.24) is 10.6 Å². The summed E-state index contributed by atoms with van der Waals surface area (Å²) in [6, 6.07) is 0.251. The van der Waals surface area contributed by atoms with Crippen molar-refractivity contribution in [3.8, 4) is 0 Å². The minimum absolute atomic E-state index is 0.200. The number of nitrogens with one attached hydrogen (secondary N) is 2. The summed E-state index contributed by atoms with van der Waals surface area (Å²) >= 11 is 0. The van der Waals surface area contributed by atoms with Gasteiger partial charge in [-0.15, -0.1) is 0 Å². The molecule has 4 heteroatoms. The van der Waals surface area contributed by atoms with E-state index in [1.165, 1.54) is 12.8 Å². The fourth-order valence-corrected chi connectivity index (χ4v) is 2.66. The van der Waals surface area contributed by atoms with E-state index in [0.29, 0.717) is 18.9 Å². The summed E-state index contributed by atoms with van der Waals surface area (Å²) in [6.07, 6.45) is 6.35. The molecule has 4 nitrogen and oxygen atoms in total. The summed E-state index contributed by atoms with van der Waals surface area (Å²) in [5.74, 6) is 0.892. The molecule has 2 fully saturated rings. The minimum atomic E-state index is 0.200. The number of carbonyl (C=O) groups excluding carboxylic acids is 1. The predicted octanol–water partition coefficient (Wildman–Crippen LogP) is 1.06. The molecular formula is C13H24N2O2. The van der Waals surface area contributed by atoms with Crippen LogP contribution < -0.4 is 10.6 Å². The van der Waals surface area contributed by atoms with Crippen LogP contribution in [0.25, 0.3) is 0 Å². The average molecular weight is 240 g/mol. The molecule has 0 spiro atoms. The smallest absolute Gasteiger partial charge is 0.220 e. The average Bonchev–Trinajstić information content (AvgIpc) is 2.39. The van der Waals surface area contributed by atoms with Crippen molar-refractivity contribution in [3.05, 3.63) is 0 Å². The molecule has 98 valence electrons. The van der Waals surface area contributed by atoms with E-state index in [2.05, 4.69) is 10.6 Å². The van der Waals surface area contributed by atoms with Gasteiger partial charge in [-0.1, -0.05) is 0 Å². The van der Waals surface area contributed by atoms with Crippen LogP contribution in [0.1, 0.15) is 38.5 Å². The fourth-order valence-electron chi connectivity index (χ4n) is 2.66. The number of carbonyl (C=O) groups is 1. The number of piperidine rings is 1. The maximum absolute atomic E-state index is 11.8. The highest BCUT2D eigenvalue weighted by molar-refractivity contribution is 5.76. The molecule has 0 aromatic rings. The molecule has 2 atom stereocenters. The highest BCUT2D eigenvalue weighted by Gasteiger charge is 2.18. The van der Waals surface area contributed by atoms with E-state index >= 15 is 0 Å². The zero-order valence-electron chi connectivity index (χ0n) is 10.5. The number of ether oxygens (including phenoxy) is 1. The number of amides is 1. The zero-order valence-corrected chi connectivity index (χ0v) is 10.5. The Morgan fingerprint density at radius 2 is 2.29 bits per heavy atom. The van der Waals surface area contributed by atoms with Crippen LogP contribution in [0.3, 0.4) is 0 Å². The van der Waals surface area contributed by atoms with Gasteiger partial charge in [0.15, 0.2) is 0 Å². The molecule has 2 unspecified atom stereocenters. The van der Waals surface area contributed by atoms with Gasteiger partial charge in [-0.3, -0.25) is 4.79 Å². The van der Waals surface area contributed by atoms with Gasteiger partial charge in [0.25, 0.3) is 0 Å². The molecule has 2 N–H and O–H groups in total. The Morgan fingerprint density at radius 3 is 3.00 bits per heavy atom. The lowest BCUT2D eigenvalue weighted by Crippen LogP contribution is -2.41. The molecule has 2 saturated heterocycles. The van der Waals surface area contributed by atoms with Gasteiger partial charge in [0.2, 0.25) is 5.91 Å². The second-order valence-electron chi connectivity index (χ2n) is 5.23. The molecule has 0 aliphatic carbocycles. The van der Waals surface area contributed by atoms with Crippen LogP contribution in [0, 0.1) is 5.92 Å². The van der Waals surface area contributed by atoms with Gasteiger partial charge >= 0.3 is 0 Å². The van der Waals surface area contributed by atoms with Gasteiger partial charge in [-0.25, -0.2) is 0 Å². The highest BCUT2D eigenvalue weighted by Crippen LogP contribution is 2.16. The van der Waals surface area contributed by atoms with E-state index < -0.39 is 0 Å². The van der Waals surface area contributed by atoms with E-state index in [4.69, 9.17) is 4.74 Å². The van der Waals surface area contributed by atoms with Crippen LogP contribution >= 0.6 is 0 Å². The van der Waals surface area contributed by atoms with Crippen molar-refractivity contribution >= 4 is 5.91 Å². The Labute approximate surface area is 103 Å². The van der Waals surface area contributed by atoms with Crippen LogP contribution in [-0.4, -0.2) is 38.3 Å². The molecule has 0 aromatic heterocycles. The van der Waals surface area contributed by atoms with Crippen molar-refractivity contribution in [2.45, 2.75) is 44.6 Å². The van der Waals surface area contributed by atoms with Crippen LogP contribution in [-0.2, 0) is 9.53 Å². The Hall–Kier alpha value is -0.610. The molecule has 0 bridgehead atoms. The molecule has 0 aromatic carbocycles. The molecule has 2 rings (SSSR count). The molecule has 2 aliphatic rings. The van der Waals surface area contributed by atoms with Gasteiger partial charge in [0.05, 0.1) is 12.6 Å². The van der Waals surface area contributed by atoms with Crippen molar-refractivity contribution < 1.29 is 9.53 Å². The minimum Gasteiger partial charge on any atom is -0.379 e. The Balaban J connectivity index is 1.59. The molecule has 2 aliphatic heterocycles. The van der Waals surface area contributed by atoms with Crippen molar-refractivity contribution in [1.29, 1.82) is 0 Å². The molecule has 1 amide bonds. The van der Waals surface area contributed by atoms with E-state index in [0.717, 1.165) is 39.0 Å². The Kier molecular flexibility index (Phi) is 5.26. The van der Waals surface area contributed by atoms with E-state index in [9.17, 15) is 4.79 Å². The van der Waals surface area contributed by atoms with E-state index in [1.807, 2.05) is 0 Å². The summed E-state index contributed by atoms with van der Waals surface area (Å²) in [5.41, 5.74) is 0. The first-order valence-electron chi connectivity index (χ1n) is 6.92. The topological polar surface area (TPSA) is 50.4 Å². The fraction of sp³-hybridized carbons (Fsp3) is 0.923. The number of hydrogen-bond donors (Lipinski definition) is 2. The first-order chi connectivity index (χ1) is 8.34. The van der Waals surface area contributed by atoms with Gasteiger partial charge in [-0.05, 0) is 51.1 Å². The van der Waals surface area contributed by atoms with Crippen LogP contribution in [0.15, 0.2) is 0 Å². The number of hydrogen-bond acceptors (Lipinski definition) is 3. The van der Waals surface area contributed by atoms with Gasteiger partial charge in [-0.2, -0.15) is 0 Å².